The van der Waals surface area contributed by atoms with E-state index in [-0.39, 0.29) is 10.9 Å². The third kappa shape index (κ3) is 4.66. The minimum absolute atomic E-state index is 0.0578. The number of guanidine groups is 1. The molecule has 0 amide bonds. The van der Waals surface area contributed by atoms with Gasteiger partial charge < -0.3 is 14.8 Å². The molecule has 144 valence electrons. The average molecular weight is 391 g/mol. The highest BCUT2D eigenvalue weighted by atomic mass is 32.2. The number of benzene rings is 1. The number of nitrogens with zero attached hydrogens (tertiary/aromatic N) is 3. The zero-order chi connectivity index (χ0) is 19.3. The van der Waals surface area contributed by atoms with Crippen molar-refractivity contribution in [1.29, 1.82) is 0 Å². The highest BCUT2D eigenvalue weighted by Crippen LogP contribution is 2.29. The number of aromatic nitrogens is 1. The summed E-state index contributed by atoms with van der Waals surface area (Å²) in [6.07, 6.45) is 3.51. The highest BCUT2D eigenvalue weighted by molar-refractivity contribution is 7.90. The van der Waals surface area contributed by atoms with Gasteiger partial charge in [0.25, 0.3) is 10.0 Å². The topological polar surface area (TPSA) is 105 Å². The molecule has 0 saturated heterocycles. The monoisotopic (exact) mass is 391 g/mol. The lowest BCUT2D eigenvalue weighted by Gasteiger charge is -2.26. The number of ether oxygens (including phenoxy) is 2. The van der Waals surface area contributed by atoms with Gasteiger partial charge in [0.15, 0.2) is 11.5 Å². The van der Waals surface area contributed by atoms with E-state index in [9.17, 15) is 8.42 Å². The zero-order valence-electron chi connectivity index (χ0n) is 15.0. The van der Waals surface area contributed by atoms with Gasteiger partial charge in [-0.3, -0.25) is 9.88 Å². The molecule has 0 fully saturated rings. The van der Waals surface area contributed by atoms with Crippen LogP contribution in [0.3, 0.4) is 0 Å². The van der Waals surface area contributed by atoms with Gasteiger partial charge in [-0.15, -0.1) is 0 Å². The van der Waals surface area contributed by atoms with Gasteiger partial charge in [-0.25, -0.2) is 18.1 Å². The Balaban J connectivity index is 1.66. The Kier molecular flexibility index (Phi) is 5.77. The first-order valence-electron chi connectivity index (χ1n) is 8.16. The Morgan fingerprint density at radius 3 is 2.67 bits per heavy atom. The van der Waals surface area contributed by atoms with Crippen molar-refractivity contribution in [3.63, 3.8) is 0 Å². The van der Waals surface area contributed by atoms with E-state index in [4.69, 9.17) is 9.47 Å². The van der Waals surface area contributed by atoms with Crippen molar-refractivity contribution in [2.45, 2.75) is 11.4 Å². The lowest BCUT2D eigenvalue weighted by molar-refractivity contribution is 0.255. The van der Waals surface area contributed by atoms with Crippen LogP contribution >= 0.6 is 0 Å². The Morgan fingerprint density at radius 2 is 2.04 bits per heavy atom. The number of rotatable bonds is 6. The first kappa shape index (κ1) is 18.9. The summed E-state index contributed by atoms with van der Waals surface area (Å²) in [7, 11) is -0.863. The normalized spacial score (nSPS) is 14.8. The predicted molar refractivity (Wildman–Crippen MR) is 100.0 cm³/mol. The standard InChI is InChI=1S/C17H21N5O4S/c1-25-15-6-5-14(8-16(15)26-2)27(23,24)21-17-19-11-22(12-20-17)10-13-4-3-7-18-9-13/h3-9H,10-12H2,1-2H3,(H2,19,20,21). The summed E-state index contributed by atoms with van der Waals surface area (Å²) in [6.45, 7) is 1.49. The molecule has 0 unspecified atom stereocenters. The molecule has 2 aromatic rings. The maximum absolute atomic E-state index is 12.6. The molecular weight excluding hydrogens is 370 g/mol. The van der Waals surface area contributed by atoms with Gasteiger partial charge in [0.1, 0.15) is 0 Å². The molecule has 0 radical (unpaired) electrons. The number of methoxy groups -OCH3 is 2. The Hall–Kier alpha value is -2.85. The molecule has 1 aliphatic rings. The van der Waals surface area contributed by atoms with Gasteiger partial charge in [-0.1, -0.05) is 6.07 Å². The lowest BCUT2D eigenvalue weighted by Crippen LogP contribution is -2.49. The van der Waals surface area contributed by atoms with E-state index in [1.54, 1.807) is 18.5 Å². The maximum atomic E-state index is 12.6. The van der Waals surface area contributed by atoms with E-state index in [0.717, 1.165) is 5.56 Å². The molecule has 27 heavy (non-hydrogen) atoms. The van der Waals surface area contributed by atoms with E-state index in [2.05, 4.69) is 20.0 Å². The third-order valence-electron chi connectivity index (χ3n) is 3.92. The Labute approximate surface area is 158 Å². The molecule has 1 aliphatic heterocycles. The van der Waals surface area contributed by atoms with Gasteiger partial charge >= 0.3 is 0 Å². The summed E-state index contributed by atoms with van der Waals surface area (Å²) in [6, 6.07) is 8.24. The van der Waals surface area contributed by atoms with Gasteiger partial charge in [-0.2, -0.15) is 0 Å². The third-order valence-corrected chi connectivity index (χ3v) is 5.26. The predicted octanol–water partition coefficient (Wildman–Crippen LogP) is 0.753. The van der Waals surface area contributed by atoms with Crippen LogP contribution < -0.4 is 19.5 Å². The number of nitrogens with one attached hydrogen (secondary N) is 2. The lowest BCUT2D eigenvalue weighted by atomic mass is 10.3. The van der Waals surface area contributed by atoms with E-state index in [0.29, 0.717) is 31.4 Å². The van der Waals surface area contributed by atoms with Crippen molar-refractivity contribution in [3.05, 3.63) is 48.3 Å². The van der Waals surface area contributed by atoms with E-state index in [1.807, 2.05) is 17.0 Å². The SMILES string of the molecule is COc1ccc(S(=O)(=O)NC2=NCN(Cc3cccnc3)CN2)cc1OC. The fourth-order valence-electron chi connectivity index (χ4n) is 2.56. The molecule has 0 saturated carbocycles. The van der Waals surface area contributed by atoms with Crippen LogP contribution in [0.2, 0.25) is 0 Å². The zero-order valence-corrected chi connectivity index (χ0v) is 15.9. The van der Waals surface area contributed by atoms with Gasteiger partial charge in [0.05, 0.1) is 32.5 Å². The van der Waals surface area contributed by atoms with Crippen molar-refractivity contribution in [1.82, 2.24) is 19.9 Å². The number of hydrogen-bond acceptors (Lipinski definition) is 8. The van der Waals surface area contributed by atoms with Crippen molar-refractivity contribution in [3.8, 4) is 11.5 Å². The van der Waals surface area contributed by atoms with Crippen molar-refractivity contribution < 1.29 is 17.9 Å². The van der Waals surface area contributed by atoms with Crippen LogP contribution in [0.25, 0.3) is 0 Å². The summed E-state index contributed by atoms with van der Waals surface area (Å²) in [5.41, 5.74) is 1.06. The van der Waals surface area contributed by atoms with Crippen molar-refractivity contribution >= 4 is 16.0 Å². The second-order valence-electron chi connectivity index (χ2n) is 5.80. The Morgan fingerprint density at radius 1 is 1.22 bits per heavy atom. The molecule has 3 rings (SSSR count). The first-order valence-corrected chi connectivity index (χ1v) is 9.64. The average Bonchev–Trinajstić information content (AvgIpc) is 2.69. The van der Waals surface area contributed by atoms with Gasteiger partial charge in [-0.05, 0) is 23.8 Å². The molecule has 9 nitrogen and oxygen atoms in total. The summed E-state index contributed by atoms with van der Waals surface area (Å²) < 4.78 is 37.9. The molecule has 1 aromatic heterocycles. The van der Waals surface area contributed by atoms with Crippen LogP contribution in [0.1, 0.15) is 5.56 Å². The minimum atomic E-state index is -3.80. The van der Waals surface area contributed by atoms with Crippen LogP contribution in [-0.2, 0) is 16.6 Å². The largest absolute Gasteiger partial charge is 0.493 e. The summed E-state index contributed by atoms with van der Waals surface area (Å²) in [4.78, 5) is 10.4. The fourth-order valence-corrected chi connectivity index (χ4v) is 3.58. The molecule has 2 N–H and O–H groups in total. The molecule has 0 bridgehead atoms. The summed E-state index contributed by atoms with van der Waals surface area (Å²) >= 11 is 0. The van der Waals surface area contributed by atoms with E-state index in [1.165, 1.54) is 26.4 Å². The van der Waals surface area contributed by atoms with Crippen molar-refractivity contribution in [2.24, 2.45) is 4.99 Å². The van der Waals surface area contributed by atoms with Gasteiger partial charge in [0, 0.05) is 25.0 Å². The second kappa shape index (κ2) is 8.23. The van der Waals surface area contributed by atoms with Crippen LogP contribution in [0.4, 0.5) is 0 Å². The number of aliphatic imine (C=N–C) groups is 1. The van der Waals surface area contributed by atoms with E-state index >= 15 is 0 Å². The van der Waals surface area contributed by atoms with E-state index < -0.39 is 10.0 Å². The molecule has 2 heterocycles. The Bertz CT molecular complexity index is 918. The smallest absolute Gasteiger partial charge is 0.264 e. The number of sulfonamides is 1. The molecule has 0 aliphatic carbocycles. The molecule has 0 spiro atoms. The second-order valence-corrected chi connectivity index (χ2v) is 7.48. The first-order chi connectivity index (χ1) is 13.0. The van der Waals surface area contributed by atoms with Crippen molar-refractivity contribution in [2.75, 3.05) is 27.6 Å². The minimum Gasteiger partial charge on any atom is -0.493 e. The van der Waals surface area contributed by atoms with Crippen LogP contribution in [-0.4, -0.2) is 51.8 Å². The fraction of sp³-hybridized carbons (Fsp3) is 0.294. The maximum Gasteiger partial charge on any atom is 0.264 e. The van der Waals surface area contributed by atoms with Gasteiger partial charge in [0.2, 0.25) is 5.96 Å². The highest BCUT2D eigenvalue weighted by Gasteiger charge is 2.21. The van der Waals surface area contributed by atoms with Crippen LogP contribution in [0, 0.1) is 0 Å². The number of hydrogen-bond donors (Lipinski definition) is 2. The quantitative estimate of drug-likeness (QED) is 0.749. The summed E-state index contributed by atoms with van der Waals surface area (Å²) in [5.74, 6) is 0.990. The molecule has 1 aromatic carbocycles. The van der Waals surface area contributed by atoms with Crippen LogP contribution in [0.5, 0.6) is 11.5 Å². The molecular formula is C17H21N5O4S. The summed E-state index contributed by atoms with van der Waals surface area (Å²) in [5, 5.41) is 2.98. The number of pyridine rings is 1. The molecule has 0 atom stereocenters. The van der Waals surface area contributed by atoms with Crippen LogP contribution in [0.15, 0.2) is 52.6 Å². The molecule has 10 heteroatoms.